The van der Waals surface area contributed by atoms with Crippen LogP contribution < -0.4 is 0 Å². The molecule has 29 heavy (non-hydrogen) atoms. The summed E-state index contributed by atoms with van der Waals surface area (Å²) in [5.41, 5.74) is 0. The number of carbonyl (C=O) groups excluding carboxylic acids is 2. The first-order valence-electron chi connectivity index (χ1n) is 11.3. The van der Waals surface area contributed by atoms with E-state index >= 15 is 0 Å². The fourth-order valence-corrected chi connectivity index (χ4v) is 3.66. The molecular weight excluding hydrogens is 392 g/mol. The molecule has 0 spiro atoms. The molecular formula is C22H42O6S. The van der Waals surface area contributed by atoms with E-state index in [1.807, 2.05) is 6.92 Å². The minimum Gasteiger partial charge on any atom is -0.465 e. The highest BCUT2D eigenvalue weighted by atomic mass is 32.2. The van der Waals surface area contributed by atoms with Gasteiger partial charge in [-0.3, -0.25) is 9.59 Å². The number of esters is 2. The summed E-state index contributed by atoms with van der Waals surface area (Å²) in [7, 11) is 0. The summed E-state index contributed by atoms with van der Waals surface area (Å²) in [6.45, 7) is 8.91. The molecule has 0 amide bonds. The number of hydrogen-bond donors (Lipinski definition) is 1. The maximum Gasteiger partial charge on any atom is 0.324 e. The zero-order valence-electron chi connectivity index (χ0n) is 18.8. The van der Waals surface area contributed by atoms with Crippen LogP contribution in [0, 0.1) is 11.8 Å². The molecule has 7 heteroatoms. The van der Waals surface area contributed by atoms with E-state index in [1.165, 1.54) is 0 Å². The molecule has 0 fully saturated rings. The zero-order valence-corrected chi connectivity index (χ0v) is 19.6. The predicted molar refractivity (Wildman–Crippen MR) is 117 cm³/mol. The highest BCUT2D eigenvalue weighted by Crippen LogP contribution is 2.18. The van der Waals surface area contributed by atoms with Gasteiger partial charge in [-0.15, -0.1) is 0 Å². The summed E-state index contributed by atoms with van der Waals surface area (Å²) in [5.74, 6) is -0.888. The average molecular weight is 435 g/mol. The van der Waals surface area contributed by atoms with Crippen LogP contribution in [0.3, 0.4) is 0 Å². The van der Waals surface area contributed by atoms with Crippen molar-refractivity contribution in [2.24, 2.45) is 11.8 Å². The van der Waals surface area contributed by atoms with Gasteiger partial charge < -0.3 is 14.0 Å². The molecule has 3 atom stereocenters. The summed E-state index contributed by atoms with van der Waals surface area (Å²) in [5, 5.41) is -1.39. The Hall–Kier alpha value is -0.950. The van der Waals surface area contributed by atoms with Crippen molar-refractivity contribution in [3.63, 3.8) is 0 Å². The first-order chi connectivity index (χ1) is 13.9. The Balaban J connectivity index is 4.59. The van der Waals surface area contributed by atoms with Crippen LogP contribution in [-0.2, 0) is 30.1 Å². The van der Waals surface area contributed by atoms with E-state index in [1.54, 1.807) is 0 Å². The van der Waals surface area contributed by atoms with Crippen molar-refractivity contribution in [2.45, 2.75) is 104 Å². The molecule has 0 saturated heterocycles. The van der Waals surface area contributed by atoms with E-state index in [0.29, 0.717) is 0 Å². The van der Waals surface area contributed by atoms with E-state index in [-0.39, 0.29) is 25.0 Å². The van der Waals surface area contributed by atoms with Crippen molar-refractivity contribution in [2.75, 3.05) is 13.2 Å². The van der Waals surface area contributed by atoms with Gasteiger partial charge in [0.1, 0.15) is 0 Å². The van der Waals surface area contributed by atoms with Crippen LogP contribution in [-0.4, -0.2) is 39.2 Å². The Morgan fingerprint density at radius 3 is 1.76 bits per heavy atom. The van der Waals surface area contributed by atoms with Gasteiger partial charge in [-0.25, -0.2) is 4.21 Å². The summed E-state index contributed by atoms with van der Waals surface area (Å²) < 4.78 is 31.7. The third-order valence-electron chi connectivity index (χ3n) is 5.27. The molecule has 0 aromatic rings. The van der Waals surface area contributed by atoms with Gasteiger partial charge in [0.05, 0.1) is 19.6 Å². The zero-order chi connectivity index (χ0) is 22.1. The molecule has 6 nitrogen and oxygen atoms in total. The van der Waals surface area contributed by atoms with E-state index in [2.05, 4.69) is 20.8 Å². The molecule has 172 valence electrons. The highest BCUT2D eigenvalue weighted by Gasteiger charge is 2.30. The van der Waals surface area contributed by atoms with Crippen molar-refractivity contribution in [1.82, 2.24) is 0 Å². The predicted octanol–water partition coefficient (Wildman–Crippen LogP) is 5.27. The summed E-state index contributed by atoms with van der Waals surface area (Å²) in [6.07, 6.45) is 9.81. The summed E-state index contributed by atoms with van der Waals surface area (Å²) in [4.78, 5) is 24.4. The van der Waals surface area contributed by atoms with Crippen LogP contribution in [0.1, 0.15) is 98.3 Å². The number of hydrogen-bond acceptors (Lipinski definition) is 5. The van der Waals surface area contributed by atoms with Crippen LogP contribution in [0.15, 0.2) is 0 Å². The maximum absolute atomic E-state index is 12.3. The van der Waals surface area contributed by atoms with Gasteiger partial charge >= 0.3 is 11.9 Å². The van der Waals surface area contributed by atoms with Gasteiger partial charge in [-0.2, -0.15) is 0 Å². The van der Waals surface area contributed by atoms with E-state index in [0.717, 1.165) is 64.2 Å². The van der Waals surface area contributed by atoms with Crippen molar-refractivity contribution < 1.29 is 27.8 Å². The van der Waals surface area contributed by atoms with Crippen molar-refractivity contribution >= 4 is 23.0 Å². The van der Waals surface area contributed by atoms with Crippen LogP contribution in [0.5, 0.6) is 0 Å². The fraction of sp³-hybridized carbons (Fsp3) is 0.909. The van der Waals surface area contributed by atoms with Gasteiger partial charge in [0.15, 0.2) is 16.3 Å². The van der Waals surface area contributed by atoms with E-state index in [9.17, 15) is 18.4 Å². The van der Waals surface area contributed by atoms with Crippen molar-refractivity contribution in [3.8, 4) is 0 Å². The summed E-state index contributed by atoms with van der Waals surface area (Å²) in [6, 6.07) is 0. The Morgan fingerprint density at radius 1 is 0.828 bits per heavy atom. The third kappa shape index (κ3) is 13.8. The molecule has 0 aliphatic rings. The first kappa shape index (κ1) is 28.1. The smallest absolute Gasteiger partial charge is 0.324 e. The molecule has 0 saturated carbocycles. The molecule has 3 unspecified atom stereocenters. The average Bonchev–Trinajstić information content (AvgIpc) is 2.71. The SMILES string of the molecule is CCCCC(CC)COC(=O)CC(C(=O)OCC(CCCC)CCCC)S(=O)O. The Morgan fingerprint density at radius 2 is 1.31 bits per heavy atom. The van der Waals surface area contributed by atoms with Crippen LogP contribution in [0.4, 0.5) is 0 Å². The largest absolute Gasteiger partial charge is 0.465 e. The topological polar surface area (TPSA) is 89.9 Å². The second-order valence-corrected chi connectivity index (χ2v) is 8.97. The minimum atomic E-state index is -2.48. The molecule has 0 aromatic carbocycles. The lowest BCUT2D eigenvalue weighted by atomic mass is 9.97. The Bertz CT molecular complexity index is 460. The maximum atomic E-state index is 12.3. The molecule has 0 aliphatic heterocycles. The standard InChI is InChI=1S/C22H42O6S/c1-5-9-12-18(8-4)16-27-21(23)15-20(29(25)26)22(24)28-17-19(13-10-6-2)14-11-7-3/h18-20H,5-17H2,1-4H3,(H,25,26). The fourth-order valence-electron chi connectivity index (χ4n) is 3.15. The lowest BCUT2D eigenvalue weighted by molar-refractivity contribution is -0.151. The monoisotopic (exact) mass is 434 g/mol. The molecule has 0 radical (unpaired) electrons. The quantitative estimate of drug-likeness (QED) is 0.234. The second-order valence-electron chi connectivity index (χ2n) is 7.85. The Kier molecular flexibility index (Phi) is 17.3. The molecule has 0 heterocycles. The summed E-state index contributed by atoms with van der Waals surface area (Å²) >= 11 is -2.48. The van der Waals surface area contributed by atoms with Crippen molar-refractivity contribution in [3.05, 3.63) is 0 Å². The van der Waals surface area contributed by atoms with Gasteiger partial charge in [-0.1, -0.05) is 72.6 Å². The highest BCUT2D eigenvalue weighted by molar-refractivity contribution is 7.80. The number of rotatable bonds is 18. The third-order valence-corrected chi connectivity index (χ3v) is 6.12. The van der Waals surface area contributed by atoms with Gasteiger partial charge in [0.25, 0.3) is 0 Å². The lowest BCUT2D eigenvalue weighted by Crippen LogP contribution is -2.32. The van der Waals surface area contributed by atoms with Crippen molar-refractivity contribution in [1.29, 1.82) is 0 Å². The molecule has 0 rings (SSSR count). The van der Waals surface area contributed by atoms with Gasteiger partial charge in [-0.05, 0) is 31.1 Å². The van der Waals surface area contributed by atoms with Crippen LogP contribution in [0.2, 0.25) is 0 Å². The van der Waals surface area contributed by atoms with Crippen LogP contribution >= 0.6 is 0 Å². The Labute approximate surface area is 179 Å². The number of ether oxygens (including phenoxy) is 2. The molecule has 0 aliphatic carbocycles. The van der Waals surface area contributed by atoms with Crippen LogP contribution in [0.25, 0.3) is 0 Å². The van der Waals surface area contributed by atoms with Gasteiger partial charge in [0, 0.05) is 0 Å². The first-order valence-corrected chi connectivity index (χ1v) is 12.5. The molecule has 0 aromatic heterocycles. The van der Waals surface area contributed by atoms with E-state index in [4.69, 9.17) is 9.47 Å². The van der Waals surface area contributed by atoms with Gasteiger partial charge in [0.2, 0.25) is 0 Å². The second kappa shape index (κ2) is 17.9. The number of carbonyl (C=O) groups is 2. The normalized spacial score (nSPS) is 14.4. The molecule has 1 N–H and O–H groups in total. The van der Waals surface area contributed by atoms with E-state index < -0.39 is 34.7 Å². The number of unbranched alkanes of at least 4 members (excludes halogenated alkanes) is 3. The minimum absolute atomic E-state index is 0.233. The lowest BCUT2D eigenvalue weighted by Gasteiger charge is -2.19. The molecule has 0 bridgehead atoms.